The molecule has 0 aliphatic heterocycles. The van der Waals surface area contributed by atoms with Crippen molar-refractivity contribution in [2.45, 2.75) is 239 Å². The average Bonchev–Trinajstić information content (AvgIpc) is 3.47. The third kappa shape index (κ3) is 24.6. The number of aromatic amines is 1. The number of nitrogens with zero attached hydrogens (tertiary/aromatic N) is 1. The Hall–Kier alpha value is -0.790. The fourth-order valence-electron chi connectivity index (χ4n) is 6.78. The summed E-state index contributed by atoms with van der Waals surface area (Å²) in [6.07, 6.45) is 51.8. The van der Waals surface area contributed by atoms with Crippen LogP contribution < -0.4 is 4.57 Å². The highest BCUT2D eigenvalue weighted by Crippen LogP contribution is 2.17. The lowest BCUT2D eigenvalue weighted by molar-refractivity contribution is -0.726. The molecule has 0 radical (unpaired) electrons. The summed E-state index contributed by atoms with van der Waals surface area (Å²) in [7, 11) is 0. The van der Waals surface area contributed by atoms with Gasteiger partial charge in [0.25, 0.3) is 5.82 Å². The molecule has 1 N–H and O–H groups in total. The number of nitrogens with one attached hydrogen (secondary N) is 1. The first-order valence-corrected chi connectivity index (χ1v) is 19.9. The summed E-state index contributed by atoms with van der Waals surface area (Å²) >= 11 is 0. The van der Waals surface area contributed by atoms with Crippen LogP contribution in [0.15, 0.2) is 12.4 Å². The second-order valence-electron chi connectivity index (χ2n) is 14.0. The van der Waals surface area contributed by atoms with Gasteiger partial charge in [-0.1, -0.05) is 200 Å². The Labute approximate surface area is 266 Å². The number of H-pyrrole nitrogens is 1. The summed E-state index contributed by atoms with van der Waals surface area (Å²) in [6, 6.07) is 0.634. The van der Waals surface area contributed by atoms with E-state index >= 15 is 0 Å². The maximum atomic E-state index is 3.56. The van der Waals surface area contributed by atoms with Crippen LogP contribution in [0.3, 0.4) is 0 Å². The molecule has 1 rings (SSSR count). The molecule has 1 atom stereocenters. The molecule has 248 valence electrons. The Kier molecular flexibility index (Phi) is 29.5. The minimum absolute atomic E-state index is 0.634. The first-order valence-electron chi connectivity index (χ1n) is 19.9. The molecule has 1 heterocycles. The van der Waals surface area contributed by atoms with Crippen LogP contribution in [0.5, 0.6) is 0 Å². The minimum Gasteiger partial charge on any atom is -0.248 e. The van der Waals surface area contributed by atoms with E-state index in [-0.39, 0.29) is 0 Å². The Balaban J connectivity index is 1.89. The molecule has 0 bridgehead atoms. The number of hydrogen-bond donors (Lipinski definition) is 1. The highest BCUT2D eigenvalue weighted by atomic mass is 15.1. The molecule has 2 heteroatoms. The molecule has 0 aliphatic rings. The van der Waals surface area contributed by atoms with Crippen molar-refractivity contribution >= 4 is 0 Å². The van der Waals surface area contributed by atoms with Gasteiger partial charge in [0.2, 0.25) is 0 Å². The molecule has 1 unspecified atom stereocenters. The first-order chi connectivity index (χ1) is 20.8. The van der Waals surface area contributed by atoms with Crippen molar-refractivity contribution in [2.75, 3.05) is 0 Å². The monoisotopic (exact) mass is 588 g/mol. The maximum absolute atomic E-state index is 3.56. The number of rotatable bonds is 34. The third-order valence-electron chi connectivity index (χ3n) is 9.76. The van der Waals surface area contributed by atoms with Crippen LogP contribution in [0.2, 0.25) is 0 Å². The fourth-order valence-corrected chi connectivity index (χ4v) is 6.78. The summed E-state index contributed by atoms with van der Waals surface area (Å²) in [5.41, 5.74) is 0. The Bertz CT molecular complexity index is 635. The number of hydrogen-bond acceptors (Lipinski definition) is 0. The van der Waals surface area contributed by atoms with Crippen molar-refractivity contribution in [2.24, 2.45) is 0 Å². The maximum Gasteiger partial charge on any atom is 0.254 e. The van der Waals surface area contributed by atoms with Crippen molar-refractivity contribution in [3.05, 3.63) is 18.2 Å². The number of aromatic nitrogens is 2. The molecule has 0 fully saturated rings. The van der Waals surface area contributed by atoms with Gasteiger partial charge in [0.05, 0.1) is 6.04 Å². The normalized spacial score (nSPS) is 12.4. The van der Waals surface area contributed by atoms with Crippen LogP contribution in [0, 0.1) is 0 Å². The van der Waals surface area contributed by atoms with E-state index in [1.54, 1.807) is 0 Å². The Morgan fingerprint density at radius 3 is 1.12 bits per heavy atom. The SMILES string of the molecule is CCCCCCCCCCCCCCCCCCCc1[nH]cc[n+]1C(C)CCCCCCCCCCCCCCCC. The van der Waals surface area contributed by atoms with Crippen LogP contribution in [0.1, 0.15) is 238 Å². The van der Waals surface area contributed by atoms with Gasteiger partial charge >= 0.3 is 0 Å². The van der Waals surface area contributed by atoms with Gasteiger partial charge < -0.3 is 0 Å². The van der Waals surface area contributed by atoms with Gasteiger partial charge in [-0.25, -0.2) is 9.55 Å². The lowest BCUT2D eigenvalue weighted by atomic mass is 10.0. The number of unbranched alkanes of at least 4 members (excludes halogenated alkanes) is 29. The molecular weight excluding hydrogens is 508 g/mol. The van der Waals surface area contributed by atoms with E-state index in [9.17, 15) is 0 Å². The Morgan fingerprint density at radius 2 is 0.762 bits per heavy atom. The fraction of sp³-hybridized carbons (Fsp3) is 0.925. The van der Waals surface area contributed by atoms with Gasteiger partial charge in [-0.05, 0) is 26.2 Å². The van der Waals surface area contributed by atoms with E-state index in [1.165, 1.54) is 218 Å². The smallest absolute Gasteiger partial charge is 0.248 e. The highest BCUT2D eigenvalue weighted by Gasteiger charge is 2.16. The van der Waals surface area contributed by atoms with Crippen molar-refractivity contribution < 1.29 is 4.57 Å². The van der Waals surface area contributed by atoms with E-state index in [1.807, 2.05) is 0 Å². The summed E-state index contributed by atoms with van der Waals surface area (Å²) < 4.78 is 2.54. The molecule has 0 saturated heterocycles. The predicted octanol–water partition coefficient (Wildman–Crippen LogP) is 13.9. The molecule has 0 aliphatic carbocycles. The standard InChI is InChI=1S/C40H78N2/c1-4-6-8-10-12-14-16-18-20-21-22-24-26-28-30-32-34-36-40-41-37-38-42(40)39(3)35-33-31-29-27-25-23-19-17-15-13-11-9-7-5-2/h37-39H,4-36H2,1-3H3/p+1. The number of aryl methyl sites for hydroxylation is 1. The number of imidazole rings is 1. The summed E-state index contributed by atoms with van der Waals surface area (Å²) in [4.78, 5) is 3.56. The summed E-state index contributed by atoms with van der Waals surface area (Å²) in [5.74, 6) is 1.45. The zero-order valence-electron chi connectivity index (χ0n) is 29.5. The van der Waals surface area contributed by atoms with Crippen molar-refractivity contribution in [1.29, 1.82) is 0 Å². The minimum atomic E-state index is 0.634. The van der Waals surface area contributed by atoms with Gasteiger partial charge in [-0.2, -0.15) is 0 Å². The van der Waals surface area contributed by atoms with Gasteiger partial charge in [-0.15, -0.1) is 0 Å². The molecule has 0 amide bonds. The van der Waals surface area contributed by atoms with Gasteiger partial charge in [0.1, 0.15) is 12.4 Å². The van der Waals surface area contributed by atoms with E-state index in [0.717, 1.165) is 0 Å². The second kappa shape index (κ2) is 31.6. The molecule has 1 aromatic heterocycles. The molecule has 1 aromatic rings. The topological polar surface area (TPSA) is 19.7 Å². The molecule has 0 aromatic carbocycles. The molecule has 0 saturated carbocycles. The van der Waals surface area contributed by atoms with Crippen LogP contribution in [-0.2, 0) is 6.42 Å². The van der Waals surface area contributed by atoms with Gasteiger partial charge in [0.15, 0.2) is 0 Å². The third-order valence-corrected chi connectivity index (χ3v) is 9.76. The largest absolute Gasteiger partial charge is 0.254 e. The lowest BCUT2D eigenvalue weighted by Gasteiger charge is -2.10. The van der Waals surface area contributed by atoms with Crippen LogP contribution >= 0.6 is 0 Å². The van der Waals surface area contributed by atoms with Crippen LogP contribution in [-0.4, -0.2) is 4.98 Å². The molecular formula is C40H79N2+. The van der Waals surface area contributed by atoms with E-state index < -0.39 is 0 Å². The van der Waals surface area contributed by atoms with E-state index in [4.69, 9.17) is 0 Å². The zero-order valence-corrected chi connectivity index (χ0v) is 29.5. The van der Waals surface area contributed by atoms with Crippen molar-refractivity contribution in [3.8, 4) is 0 Å². The summed E-state index contributed by atoms with van der Waals surface area (Å²) in [5, 5.41) is 0. The van der Waals surface area contributed by atoms with Crippen molar-refractivity contribution in [1.82, 2.24) is 4.98 Å². The predicted molar refractivity (Wildman–Crippen MR) is 188 cm³/mol. The van der Waals surface area contributed by atoms with E-state index in [2.05, 4.69) is 42.7 Å². The molecule has 0 spiro atoms. The van der Waals surface area contributed by atoms with E-state index in [0.29, 0.717) is 6.04 Å². The van der Waals surface area contributed by atoms with Gasteiger partial charge in [0, 0.05) is 6.42 Å². The molecule has 2 nitrogen and oxygen atoms in total. The summed E-state index contributed by atoms with van der Waals surface area (Å²) in [6.45, 7) is 7.04. The zero-order chi connectivity index (χ0) is 30.2. The first kappa shape index (κ1) is 39.2. The average molecular weight is 588 g/mol. The quantitative estimate of drug-likeness (QED) is 0.0611. The molecule has 42 heavy (non-hydrogen) atoms. The van der Waals surface area contributed by atoms with Crippen LogP contribution in [0.25, 0.3) is 0 Å². The van der Waals surface area contributed by atoms with Crippen molar-refractivity contribution in [3.63, 3.8) is 0 Å². The highest BCUT2D eigenvalue weighted by molar-refractivity contribution is 4.78. The van der Waals surface area contributed by atoms with Gasteiger partial charge in [-0.3, -0.25) is 0 Å². The second-order valence-corrected chi connectivity index (χ2v) is 14.0. The van der Waals surface area contributed by atoms with Crippen LogP contribution in [0.4, 0.5) is 0 Å². The Morgan fingerprint density at radius 1 is 0.452 bits per heavy atom. The lowest BCUT2D eigenvalue weighted by Crippen LogP contribution is -2.39.